The third-order valence-electron chi connectivity index (χ3n) is 2.26. The summed E-state index contributed by atoms with van der Waals surface area (Å²) in [6.07, 6.45) is 4.51. The predicted octanol–water partition coefficient (Wildman–Crippen LogP) is 3.01. The Morgan fingerprint density at radius 2 is 1.83 bits per heavy atom. The molecule has 0 fully saturated rings. The lowest BCUT2D eigenvalue weighted by Crippen LogP contribution is -2.49. The van der Waals surface area contributed by atoms with E-state index in [-0.39, 0.29) is 13.0 Å². The van der Waals surface area contributed by atoms with Crippen LogP contribution in [0.2, 0.25) is 0 Å². The molecule has 7 heteroatoms. The minimum atomic E-state index is -2.15. The number of allylic oxidation sites excluding steroid dienone is 1. The molecule has 0 aliphatic carbocycles. The third-order valence-corrected chi connectivity index (χ3v) is 2.74. The van der Waals surface area contributed by atoms with Gasteiger partial charge in [0.05, 0.1) is 0 Å². The molecule has 0 bridgehead atoms. The summed E-state index contributed by atoms with van der Waals surface area (Å²) in [5.41, 5.74) is 0. The first kappa shape index (κ1) is 17.6. The largest absolute Gasteiger partial charge is 0.480 e. The lowest BCUT2D eigenvalue weighted by molar-refractivity contribution is -0.149. The molecule has 1 N–H and O–H groups in total. The van der Waals surface area contributed by atoms with Crippen molar-refractivity contribution in [2.45, 2.75) is 36.5 Å². The van der Waals surface area contributed by atoms with Gasteiger partial charge in [0.2, 0.25) is 0 Å². The third kappa shape index (κ3) is 5.46. The van der Waals surface area contributed by atoms with E-state index >= 15 is 0 Å². The Kier molecular flexibility index (Phi) is 7.67. The van der Waals surface area contributed by atoms with Crippen LogP contribution in [0.4, 0.5) is 0 Å². The van der Waals surface area contributed by atoms with Crippen LogP contribution in [-0.4, -0.2) is 38.3 Å². The summed E-state index contributed by atoms with van der Waals surface area (Å²) in [6, 6.07) is -1.00. The van der Waals surface area contributed by atoms with Gasteiger partial charge in [-0.25, -0.2) is 4.79 Å². The lowest BCUT2D eigenvalue weighted by atomic mass is 10.2. The van der Waals surface area contributed by atoms with Crippen molar-refractivity contribution < 1.29 is 14.7 Å². The number of hydrogen-bond donors (Lipinski definition) is 1. The van der Waals surface area contributed by atoms with Crippen molar-refractivity contribution in [1.82, 2.24) is 4.90 Å². The molecule has 1 amide bonds. The Balaban J connectivity index is 5.09. The summed E-state index contributed by atoms with van der Waals surface area (Å²) in [5, 5.41) is 9.07. The Bertz CT molecular complexity index is 326. The maximum Gasteiger partial charge on any atom is 0.326 e. The highest BCUT2D eigenvalue weighted by atomic mass is 35.6. The molecule has 0 aliphatic heterocycles. The summed E-state index contributed by atoms with van der Waals surface area (Å²) in [6.45, 7) is 3.68. The first-order chi connectivity index (χ1) is 8.25. The molecule has 0 aromatic rings. The predicted molar refractivity (Wildman–Crippen MR) is 73.1 cm³/mol. The summed E-state index contributed by atoms with van der Waals surface area (Å²) in [5.74, 6) is -1.95. The van der Waals surface area contributed by atoms with E-state index in [0.717, 1.165) is 11.3 Å². The molecule has 0 saturated heterocycles. The molecule has 0 saturated carbocycles. The van der Waals surface area contributed by atoms with E-state index in [1.807, 2.05) is 13.0 Å². The van der Waals surface area contributed by atoms with E-state index in [1.54, 1.807) is 13.0 Å². The molecule has 0 aromatic heterocycles. The molecule has 0 rings (SSSR count). The van der Waals surface area contributed by atoms with E-state index < -0.39 is 21.7 Å². The number of rotatable bonds is 6. The number of halogens is 3. The zero-order valence-corrected chi connectivity index (χ0v) is 12.5. The maximum absolute atomic E-state index is 11.9. The van der Waals surface area contributed by atoms with Crippen LogP contribution in [0, 0.1) is 0 Å². The van der Waals surface area contributed by atoms with E-state index in [2.05, 4.69) is 0 Å². The quantitative estimate of drug-likeness (QED) is 0.605. The number of amides is 1. The van der Waals surface area contributed by atoms with Crippen molar-refractivity contribution in [2.24, 2.45) is 0 Å². The highest BCUT2D eigenvalue weighted by molar-refractivity contribution is 6.76. The van der Waals surface area contributed by atoms with Crippen LogP contribution in [0.5, 0.6) is 0 Å². The molecular weight excluding hydrogens is 300 g/mol. The van der Waals surface area contributed by atoms with E-state index in [9.17, 15) is 9.59 Å². The van der Waals surface area contributed by atoms with Gasteiger partial charge in [-0.2, -0.15) is 0 Å². The smallest absolute Gasteiger partial charge is 0.326 e. The second-order valence-electron chi connectivity index (χ2n) is 3.60. The molecule has 0 heterocycles. The number of carbonyl (C=O) groups is 2. The zero-order valence-electron chi connectivity index (χ0n) is 10.2. The average Bonchev–Trinajstić information content (AvgIpc) is 2.25. The molecule has 1 unspecified atom stereocenters. The van der Waals surface area contributed by atoms with Crippen molar-refractivity contribution in [1.29, 1.82) is 0 Å². The number of carboxylic acids is 1. The van der Waals surface area contributed by atoms with Crippen LogP contribution in [0.25, 0.3) is 0 Å². The van der Waals surface area contributed by atoms with Crippen LogP contribution >= 0.6 is 34.8 Å². The number of nitrogens with zero attached hydrogens (tertiary/aromatic N) is 1. The van der Waals surface area contributed by atoms with E-state index in [1.165, 1.54) is 0 Å². The minimum absolute atomic E-state index is 0.103. The number of alkyl halides is 3. The van der Waals surface area contributed by atoms with Crippen LogP contribution in [0.1, 0.15) is 26.7 Å². The van der Waals surface area contributed by atoms with Gasteiger partial charge >= 0.3 is 5.97 Å². The SMILES string of the molecule is CCC=CCN(C(=O)C(Cl)(Cl)Cl)C(CC)C(=O)O. The molecule has 0 aliphatic rings. The lowest BCUT2D eigenvalue weighted by Gasteiger charge is -2.29. The molecule has 0 aromatic carbocycles. The molecule has 0 radical (unpaired) electrons. The van der Waals surface area contributed by atoms with Gasteiger partial charge in [-0.1, -0.05) is 60.8 Å². The molecule has 18 heavy (non-hydrogen) atoms. The standard InChI is InChI=1S/C11H16Cl3NO3/c1-3-5-6-7-15(8(4-2)9(16)17)10(18)11(12,13)14/h5-6,8H,3-4,7H2,1-2H3,(H,16,17). The number of aliphatic carboxylic acids is 1. The Morgan fingerprint density at radius 3 is 2.17 bits per heavy atom. The molecule has 4 nitrogen and oxygen atoms in total. The van der Waals surface area contributed by atoms with E-state index in [0.29, 0.717) is 0 Å². The van der Waals surface area contributed by atoms with Crippen molar-refractivity contribution in [2.75, 3.05) is 6.54 Å². The Labute approximate surface area is 121 Å². The van der Waals surface area contributed by atoms with Crippen LogP contribution in [0.15, 0.2) is 12.2 Å². The van der Waals surface area contributed by atoms with Crippen LogP contribution in [-0.2, 0) is 9.59 Å². The monoisotopic (exact) mass is 315 g/mol. The van der Waals surface area contributed by atoms with Gasteiger partial charge in [-0.15, -0.1) is 0 Å². The summed E-state index contributed by atoms with van der Waals surface area (Å²) in [4.78, 5) is 24.0. The molecule has 0 spiro atoms. The van der Waals surface area contributed by atoms with Gasteiger partial charge in [0.25, 0.3) is 9.70 Å². The Morgan fingerprint density at radius 1 is 1.28 bits per heavy atom. The van der Waals surface area contributed by atoms with Gasteiger partial charge < -0.3 is 10.0 Å². The fraction of sp³-hybridized carbons (Fsp3) is 0.636. The van der Waals surface area contributed by atoms with E-state index in [4.69, 9.17) is 39.9 Å². The number of hydrogen-bond acceptors (Lipinski definition) is 2. The van der Waals surface area contributed by atoms with Gasteiger partial charge in [0.15, 0.2) is 0 Å². The summed E-state index contributed by atoms with van der Waals surface area (Å²) in [7, 11) is 0. The van der Waals surface area contributed by atoms with Gasteiger partial charge in [-0.3, -0.25) is 4.79 Å². The van der Waals surface area contributed by atoms with Crippen LogP contribution in [0.3, 0.4) is 0 Å². The Hall–Kier alpha value is -0.450. The van der Waals surface area contributed by atoms with Crippen molar-refractivity contribution in [3.63, 3.8) is 0 Å². The second-order valence-corrected chi connectivity index (χ2v) is 5.88. The molecule has 104 valence electrons. The fourth-order valence-corrected chi connectivity index (χ4v) is 1.72. The fourth-order valence-electron chi connectivity index (χ4n) is 1.40. The maximum atomic E-state index is 11.9. The normalized spacial score (nSPS) is 13.6. The highest BCUT2D eigenvalue weighted by Crippen LogP contribution is 2.29. The first-order valence-electron chi connectivity index (χ1n) is 5.51. The minimum Gasteiger partial charge on any atom is -0.480 e. The number of carbonyl (C=O) groups excluding carboxylic acids is 1. The average molecular weight is 317 g/mol. The molecule has 1 atom stereocenters. The van der Waals surface area contributed by atoms with Crippen molar-refractivity contribution in [3.8, 4) is 0 Å². The van der Waals surface area contributed by atoms with Gasteiger partial charge in [-0.05, 0) is 12.8 Å². The van der Waals surface area contributed by atoms with Gasteiger partial charge in [0, 0.05) is 6.54 Å². The van der Waals surface area contributed by atoms with Crippen LogP contribution < -0.4 is 0 Å². The first-order valence-corrected chi connectivity index (χ1v) is 6.64. The molecular formula is C11H16Cl3NO3. The highest BCUT2D eigenvalue weighted by Gasteiger charge is 2.39. The van der Waals surface area contributed by atoms with Crippen molar-refractivity contribution >= 4 is 46.7 Å². The van der Waals surface area contributed by atoms with Crippen molar-refractivity contribution in [3.05, 3.63) is 12.2 Å². The van der Waals surface area contributed by atoms with Gasteiger partial charge in [0.1, 0.15) is 6.04 Å². The number of carboxylic acid groups (broad SMARTS) is 1. The summed E-state index contributed by atoms with van der Waals surface area (Å²) < 4.78 is -2.15. The summed E-state index contributed by atoms with van der Waals surface area (Å²) >= 11 is 16.6. The second kappa shape index (κ2) is 7.87. The zero-order chi connectivity index (χ0) is 14.3. The topological polar surface area (TPSA) is 57.6 Å².